The van der Waals surface area contributed by atoms with Gasteiger partial charge in [0, 0.05) is 23.9 Å². The lowest BCUT2D eigenvalue weighted by Crippen LogP contribution is -2.23. The minimum Gasteiger partial charge on any atom is -0.456 e. The topological polar surface area (TPSA) is 142 Å². The molecule has 2 aromatic rings. The molecule has 0 saturated heterocycles. The number of rotatable bonds is 3. The van der Waals surface area contributed by atoms with Crippen LogP contribution in [0.15, 0.2) is 36.4 Å². The number of esters is 2. The summed E-state index contributed by atoms with van der Waals surface area (Å²) in [5.74, 6) is -0.894. The lowest BCUT2D eigenvalue weighted by Gasteiger charge is -2.19. The molecule has 9 heteroatoms. The minimum absolute atomic E-state index is 0. The van der Waals surface area contributed by atoms with Crippen LogP contribution in [0.5, 0.6) is 0 Å². The number of benzene rings is 2. The third-order valence-electron chi connectivity index (χ3n) is 3.95. The molecule has 2 rings (SSSR count). The molecular formula is C28H46N2O7. The van der Waals surface area contributed by atoms with E-state index in [2.05, 4.69) is 0 Å². The molecule has 2 aromatic carbocycles. The summed E-state index contributed by atoms with van der Waals surface area (Å²) < 4.78 is 10.4. The Bertz CT molecular complexity index is 1020. The molecule has 0 radical (unpaired) electrons. The first-order valence-corrected chi connectivity index (χ1v) is 11.1. The van der Waals surface area contributed by atoms with Crippen molar-refractivity contribution in [2.75, 3.05) is 12.3 Å². The van der Waals surface area contributed by atoms with E-state index in [0.717, 1.165) is 5.56 Å². The van der Waals surface area contributed by atoms with E-state index in [1.165, 1.54) is 18.2 Å². The Balaban J connectivity index is -0.000000541. The molecule has 0 aromatic heterocycles. The SMILES string of the molecule is C.C.CCO.Cc1ccc(C(=O)OC(C)(C)C)cc1N.Cc1ccc(C(=O)OC(C)(C)C)cc1[N+](=O)[O-]. The quantitative estimate of drug-likeness (QED) is 0.197. The van der Waals surface area contributed by atoms with Gasteiger partial charge in [0.25, 0.3) is 5.69 Å². The summed E-state index contributed by atoms with van der Waals surface area (Å²) in [5.41, 5.74) is 7.32. The summed E-state index contributed by atoms with van der Waals surface area (Å²) >= 11 is 0. The number of carbonyl (C=O) groups is 2. The zero-order chi connectivity index (χ0) is 27.6. The van der Waals surface area contributed by atoms with E-state index < -0.39 is 22.1 Å². The van der Waals surface area contributed by atoms with Crippen LogP contribution in [-0.2, 0) is 9.47 Å². The molecule has 0 heterocycles. The van der Waals surface area contributed by atoms with Crippen molar-refractivity contribution in [2.24, 2.45) is 0 Å². The van der Waals surface area contributed by atoms with E-state index in [9.17, 15) is 19.7 Å². The van der Waals surface area contributed by atoms with E-state index >= 15 is 0 Å². The van der Waals surface area contributed by atoms with Crippen LogP contribution in [0.2, 0.25) is 0 Å². The van der Waals surface area contributed by atoms with Gasteiger partial charge >= 0.3 is 11.9 Å². The number of hydrogen-bond acceptors (Lipinski definition) is 8. The highest BCUT2D eigenvalue weighted by atomic mass is 16.6. The molecule has 0 saturated carbocycles. The number of nitrogens with two attached hydrogens (primary N) is 1. The minimum atomic E-state index is -0.614. The molecule has 37 heavy (non-hydrogen) atoms. The second-order valence-electron chi connectivity index (χ2n) is 9.65. The molecular weight excluding hydrogens is 476 g/mol. The maximum Gasteiger partial charge on any atom is 0.338 e. The Kier molecular flexibility index (Phi) is 16.8. The van der Waals surface area contributed by atoms with Crippen molar-refractivity contribution < 1.29 is 29.1 Å². The normalized spacial score (nSPS) is 10.1. The number of ether oxygens (including phenoxy) is 2. The number of anilines is 1. The van der Waals surface area contributed by atoms with Gasteiger partial charge in [-0.3, -0.25) is 10.1 Å². The fourth-order valence-electron chi connectivity index (χ4n) is 2.37. The van der Waals surface area contributed by atoms with Gasteiger partial charge in [0.15, 0.2) is 0 Å². The Hall–Kier alpha value is -3.46. The number of nitrogens with zero attached hydrogens (tertiary/aromatic N) is 1. The van der Waals surface area contributed by atoms with Gasteiger partial charge in [-0.2, -0.15) is 0 Å². The maximum absolute atomic E-state index is 11.7. The van der Waals surface area contributed by atoms with Crippen LogP contribution >= 0.6 is 0 Å². The van der Waals surface area contributed by atoms with Gasteiger partial charge in [0.2, 0.25) is 0 Å². The zero-order valence-corrected chi connectivity index (χ0v) is 22.1. The van der Waals surface area contributed by atoms with Crippen LogP contribution in [0.4, 0.5) is 11.4 Å². The molecule has 0 unspecified atom stereocenters. The second kappa shape index (κ2) is 16.3. The molecule has 210 valence electrons. The Morgan fingerprint density at radius 2 is 1.22 bits per heavy atom. The predicted octanol–water partition coefficient (Wildman–Crippen LogP) is 6.66. The zero-order valence-electron chi connectivity index (χ0n) is 22.1. The molecule has 0 bridgehead atoms. The molecule has 0 atom stereocenters. The smallest absolute Gasteiger partial charge is 0.338 e. The predicted molar refractivity (Wildman–Crippen MR) is 150 cm³/mol. The van der Waals surface area contributed by atoms with Crippen molar-refractivity contribution in [3.63, 3.8) is 0 Å². The number of aliphatic hydroxyl groups is 1. The molecule has 0 aliphatic heterocycles. The summed E-state index contributed by atoms with van der Waals surface area (Å²) in [6, 6.07) is 9.48. The van der Waals surface area contributed by atoms with Gasteiger partial charge < -0.3 is 20.3 Å². The van der Waals surface area contributed by atoms with Crippen molar-refractivity contribution >= 4 is 23.3 Å². The number of aliphatic hydroxyl groups excluding tert-OH is 1. The second-order valence-corrected chi connectivity index (χ2v) is 9.65. The van der Waals surface area contributed by atoms with Crippen LogP contribution in [0.3, 0.4) is 0 Å². The summed E-state index contributed by atoms with van der Waals surface area (Å²) in [6.45, 7) is 16.2. The maximum atomic E-state index is 11.7. The first-order chi connectivity index (χ1) is 15.9. The van der Waals surface area contributed by atoms with E-state index in [4.69, 9.17) is 20.3 Å². The van der Waals surface area contributed by atoms with Crippen molar-refractivity contribution in [1.29, 1.82) is 0 Å². The number of nitrogen functional groups attached to an aromatic ring is 1. The van der Waals surface area contributed by atoms with Crippen LogP contribution in [0.1, 0.15) is 95.2 Å². The van der Waals surface area contributed by atoms with Gasteiger partial charge in [0.1, 0.15) is 11.2 Å². The highest BCUT2D eigenvalue weighted by Gasteiger charge is 2.21. The average Bonchev–Trinajstić information content (AvgIpc) is 2.68. The first-order valence-electron chi connectivity index (χ1n) is 11.1. The van der Waals surface area contributed by atoms with Crippen LogP contribution in [0.25, 0.3) is 0 Å². The van der Waals surface area contributed by atoms with Gasteiger partial charge in [-0.1, -0.05) is 27.0 Å². The monoisotopic (exact) mass is 522 g/mol. The van der Waals surface area contributed by atoms with Crippen molar-refractivity contribution in [3.05, 3.63) is 68.8 Å². The number of aryl methyl sites for hydroxylation is 2. The highest BCUT2D eigenvalue weighted by Crippen LogP contribution is 2.21. The molecule has 0 amide bonds. The Morgan fingerprint density at radius 1 is 0.865 bits per heavy atom. The average molecular weight is 523 g/mol. The third kappa shape index (κ3) is 15.3. The van der Waals surface area contributed by atoms with Gasteiger partial charge in [0.05, 0.1) is 16.1 Å². The third-order valence-corrected chi connectivity index (χ3v) is 3.95. The van der Waals surface area contributed by atoms with Crippen LogP contribution in [0, 0.1) is 24.0 Å². The molecule has 0 aliphatic carbocycles. The van der Waals surface area contributed by atoms with E-state index in [0.29, 0.717) is 16.8 Å². The van der Waals surface area contributed by atoms with Crippen molar-refractivity contribution in [1.82, 2.24) is 0 Å². The molecule has 0 fully saturated rings. The number of carbonyl (C=O) groups excluding carboxylic acids is 2. The number of nitro benzene ring substituents is 1. The Labute approximate surface area is 222 Å². The van der Waals surface area contributed by atoms with Gasteiger partial charge in [-0.25, -0.2) is 9.59 Å². The molecule has 0 aliphatic rings. The van der Waals surface area contributed by atoms with Gasteiger partial charge in [-0.05, 0) is 86.1 Å². The summed E-state index contributed by atoms with van der Waals surface area (Å²) in [5, 5.41) is 18.3. The Morgan fingerprint density at radius 3 is 1.54 bits per heavy atom. The van der Waals surface area contributed by atoms with Crippen molar-refractivity contribution in [2.45, 2.75) is 88.4 Å². The largest absolute Gasteiger partial charge is 0.456 e. The highest BCUT2D eigenvalue weighted by molar-refractivity contribution is 5.91. The molecule has 3 N–H and O–H groups in total. The van der Waals surface area contributed by atoms with E-state index in [1.807, 2.05) is 33.8 Å². The standard InChI is InChI=1S/C12H15NO4.C12H17NO2.C2H6O.2CH4/c1-8-5-6-9(7-10(8)13(15)16)11(14)17-12(2,3)4;1-8-5-6-9(7-10(8)13)11(14)15-12(2,3)4;1-2-3;;/h5-7H,1-4H3;5-7H,13H2,1-4H3;3H,2H2,1H3;2*1H4. The summed E-state index contributed by atoms with van der Waals surface area (Å²) in [7, 11) is 0. The first kappa shape index (κ1) is 38.1. The fraction of sp³-hybridized carbons (Fsp3) is 0.500. The van der Waals surface area contributed by atoms with E-state index in [1.54, 1.807) is 46.8 Å². The fourth-order valence-corrected chi connectivity index (χ4v) is 2.37. The molecule has 9 nitrogen and oxygen atoms in total. The number of nitro groups is 1. The summed E-state index contributed by atoms with van der Waals surface area (Å²) in [4.78, 5) is 33.6. The lowest BCUT2D eigenvalue weighted by atomic mass is 10.1. The van der Waals surface area contributed by atoms with E-state index in [-0.39, 0.29) is 38.7 Å². The van der Waals surface area contributed by atoms with Crippen LogP contribution < -0.4 is 5.73 Å². The van der Waals surface area contributed by atoms with Crippen molar-refractivity contribution in [3.8, 4) is 0 Å². The number of hydrogen-bond donors (Lipinski definition) is 2. The van der Waals surface area contributed by atoms with Gasteiger partial charge in [-0.15, -0.1) is 0 Å². The lowest BCUT2D eigenvalue weighted by molar-refractivity contribution is -0.385. The van der Waals surface area contributed by atoms with Crippen LogP contribution in [-0.4, -0.2) is 39.8 Å². The molecule has 0 spiro atoms. The summed E-state index contributed by atoms with van der Waals surface area (Å²) in [6.07, 6.45) is 0.